The van der Waals surface area contributed by atoms with Crippen LogP contribution in [0.5, 0.6) is 0 Å². The van der Waals surface area contributed by atoms with E-state index < -0.39 is 35.5 Å². The van der Waals surface area contributed by atoms with Crippen molar-refractivity contribution in [2.45, 2.75) is 128 Å². The van der Waals surface area contributed by atoms with Crippen molar-refractivity contribution < 1.29 is 28.7 Å². The van der Waals surface area contributed by atoms with Gasteiger partial charge in [-0.05, 0) is 120 Å². The third kappa shape index (κ3) is 10.9. The smallest absolute Gasteiger partial charge is 0.408 e. The summed E-state index contributed by atoms with van der Waals surface area (Å²) in [6.07, 6.45) is 10.7. The third-order valence-corrected chi connectivity index (χ3v) is 12.4. The summed E-state index contributed by atoms with van der Waals surface area (Å²) in [5, 5.41) is 5.66. The first-order valence-electron chi connectivity index (χ1n) is 23.2. The molecule has 2 aromatic heterocycles. The average Bonchev–Trinajstić information content (AvgIpc) is 4.14. The van der Waals surface area contributed by atoms with Crippen molar-refractivity contribution in [3.8, 4) is 11.3 Å². The molecule has 5 atom stereocenters. The molecule has 4 heterocycles. The SMILES string of the molecule is CC(C)(C)OC(=O)N[C@@H](C(=O)N1CCC[C@H]1c1ncc(C2=CCC(c3ccc(-c4cnc([C@@H]5CCCN5C(=O)[C@H](NC(=O)OC(C)(C)C)c5ccccc5)[nH]4)cc3)CC2)[nH]1)c1ccccc1. The molecule has 8 rings (SSSR count). The molecule has 0 spiro atoms. The number of carbonyl (C=O) groups excluding carboxylic acids is 4. The summed E-state index contributed by atoms with van der Waals surface area (Å²) in [5.41, 5.74) is 5.30. The number of H-pyrrole nitrogens is 2. The lowest BCUT2D eigenvalue weighted by Gasteiger charge is -2.29. The Morgan fingerprint density at radius 2 is 1.11 bits per heavy atom. The second-order valence-corrected chi connectivity index (χ2v) is 19.5. The van der Waals surface area contributed by atoms with Crippen LogP contribution in [0.2, 0.25) is 0 Å². The van der Waals surface area contributed by atoms with Crippen molar-refractivity contribution >= 4 is 29.6 Å². The first kappa shape index (κ1) is 45.9. The van der Waals surface area contributed by atoms with Crippen LogP contribution in [0.3, 0.4) is 0 Å². The maximum absolute atomic E-state index is 14.2. The molecule has 0 radical (unpaired) electrons. The largest absolute Gasteiger partial charge is 0.444 e. The van der Waals surface area contributed by atoms with E-state index in [9.17, 15) is 19.2 Å². The standard InChI is InChI=1S/C52H62N8O6/c1-51(2,3)65-49(63)57-43(37-15-9-7-10-16-37)47(61)59-29-13-19-41(59)45-53-31-39(55-45)35-25-21-33(22-26-35)34-23-27-36(28-24-34)40-32-54-46(56-40)42-20-14-30-60(42)48(62)44(38-17-11-8-12-18-38)58-50(64)66-52(4,5)6/h7-12,15-18,21-22,25-27,31-32,34,41-44H,13-14,19-20,23-24,28-30H2,1-6H3,(H,53,55)(H,54,56)(H,57,63)(H,58,64)/t34?,41-,42-,43+,44+/m0/s1. The molecule has 3 aromatic carbocycles. The fraction of sp³-hybridized carbons (Fsp3) is 0.423. The molecule has 3 aliphatic rings. The molecule has 0 bridgehead atoms. The molecule has 2 fully saturated rings. The topological polar surface area (TPSA) is 175 Å². The predicted molar refractivity (Wildman–Crippen MR) is 252 cm³/mol. The molecule has 5 aromatic rings. The molecule has 1 aliphatic carbocycles. The normalized spacial score (nSPS) is 19.7. The Labute approximate surface area is 387 Å². The Kier molecular flexibility index (Phi) is 13.5. The number of hydrogen-bond donors (Lipinski definition) is 4. The second kappa shape index (κ2) is 19.4. The van der Waals surface area contributed by atoms with Crippen LogP contribution >= 0.6 is 0 Å². The molecular weight excluding hydrogens is 833 g/mol. The number of rotatable bonds is 11. The van der Waals surface area contributed by atoms with Crippen LogP contribution in [0.1, 0.15) is 151 Å². The van der Waals surface area contributed by atoms with Gasteiger partial charge in [-0.2, -0.15) is 0 Å². The van der Waals surface area contributed by atoms with Crippen molar-refractivity contribution in [2.75, 3.05) is 13.1 Å². The van der Waals surface area contributed by atoms with Gasteiger partial charge in [-0.15, -0.1) is 0 Å². The van der Waals surface area contributed by atoms with Crippen molar-refractivity contribution in [1.82, 2.24) is 40.4 Å². The summed E-state index contributed by atoms with van der Waals surface area (Å²) >= 11 is 0. The van der Waals surface area contributed by atoms with Crippen LogP contribution < -0.4 is 10.6 Å². The van der Waals surface area contributed by atoms with Crippen molar-refractivity contribution in [2.24, 2.45) is 0 Å². The van der Waals surface area contributed by atoms with E-state index in [1.807, 2.05) is 82.9 Å². The van der Waals surface area contributed by atoms with Gasteiger partial charge in [0.25, 0.3) is 11.8 Å². The van der Waals surface area contributed by atoms with Crippen molar-refractivity contribution in [1.29, 1.82) is 0 Å². The third-order valence-electron chi connectivity index (χ3n) is 12.4. The molecule has 2 saturated heterocycles. The van der Waals surface area contributed by atoms with Gasteiger partial charge >= 0.3 is 12.2 Å². The highest BCUT2D eigenvalue weighted by Gasteiger charge is 2.39. The molecular formula is C52H62N8O6. The number of amides is 4. The molecule has 2 aliphatic heterocycles. The van der Waals surface area contributed by atoms with E-state index in [4.69, 9.17) is 19.4 Å². The number of hydrogen-bond acceptors (Lipinski definition) is 8. The molecule has 66 heavy (non-hydrogen) atoms. The fourth-order valence-electron chi connectivity index (χ4n) is 9.32. The lowest BCUT2D eigenvalue weighted by Crippen LogP contribution is -2.44. The first-order chi connectivity index (χ1) is 31.6. The van der Waals surface area contributed by atoms with Crippen molar-refractivity contribution in [3.05, 3.63) is 137 Å². The molecule has 4 N–H and O–H groups in total. The number of aromatic nitrogens is 4. The van der Waals surface area contributed by atoms with Gasteiger partial charge in [0.1, 0.15) is 34.9 Å². The summed E-state index contributed by atoms with van der Waals surface area (Å²) in [6, 6.07) is 24.9. The van der Waals surface area contributed by atoms with E-state index in [1.54, 1.807) is 41.5 Å². The molecule has 346 valence electrons. The monoisotopic (exact) mass is 894 g/mol. The minimum absolute atomic E-state index is 0.193. The Morgan fingerprint density at radius 1 is 0.636 bits per heavy atom. The number of aromatic amines is 2. The van der Waals surface area contributed by atoms with Gasteiger partial charge in [0.2, 0.25) is 0 Å². The van der Waals surface area contributed by atoms with Crippen LogP contribution in [-0.4, -0.2) is 78.0 Å². The lowest BCUT2D eigenvalue weighted by atomic mass is 9.83. The van der Waals surface area contributed by atoms with Crippen molar-refractivity contribution in [3.63, 3.8) is 0 Å². The van der Waals surface area contributed by atoms with Gasteiger partial charge < -0.3 is 39.9 Å². The van der Waals surface area contributed by atoms with Crippen LogP contribution in [0.4, 0.5) is 9.59 Å². The molecule has 1 unspecified atom stereocenters. The van der Waals surface area contributed by atoms with Gasteiger partial charge in [-0.3, -0.25) is 9.59 Å². The number of allylic oxidation sites excluding steroid dienone is 2. The summed E-state index contributed by atoms with van der Waals surface area (Å²) in [6.45, 7) is 11.9. The van der Waals surface area contributed by atoms with Gasteiger partial charge in [-0.25, -0.2) is 19.6 Å². The van der Waals surface area contributed by atoms with Gasteiger partial charge in [0.05, 0.1) is 35.9 Å². The summed E-state index contributed by atoms with van der Waals surface area (Å²) in [4.78, 5) is 74.4. The average molecular weight is 895 g/mol. The zero-order valence-electron chi connectivity index (χ0n) is 38.8. The number of likely N-dealkylation sites (tertiary alicyclic amines) is 2. The lowest BCUT2D eigenvalue weighted by molar-refractivity contribution is -0.135. The zero-order chi connectivity index (χ0) is 46.6. The molecule has 14 nitrogen and oxygen atoms in total. The quantitative estimate of drug-likeness (QED) is 0.101. The van der Waals surface area contributed by atoms with Crippen LogP contribution in [0.25, 0.3) is 16.8 Å². The molecule has 0 saturated carbocycles. The number of alkyl carbamates (subject to hydrolysis) is 2. The van der Waals surface area contributed by atoms with E-state index in [-0.39, 0.29) is 23.9 Å². The van der Waals surface area contributed by atoms with Crippen LogP contribution in [-0.2, 0) is 19.1 Å². The van der Waals surface area contributed by atoms with E-state index in [1.165, 1.54) is 11.1 Å². The number of nitrogens with one attached hydrogen (secondary N) is 4. The van der Waals surface area contributed by atoms with Crippen LogP contribution in [0.15, 0.2) is 103 Å². The van der Waals surface area contributed by atoms with Gasteiger partial charge in [0, 0.05) is 13.1 Å². The maximum Gasteiger partial charge on any atom is 0.408 e. The molecule has 4 amide bonds. The van der Waals surface area contributed by atoms with E-state index in [0.717, 1.165) is 73.5 Å². The number of carbonyl (C=O) groups is 4. The first-order valence-corrected chi connectivity index (χ1v) is 23.2. The highest BCUT2D eigenvalue weighted by molar-refractivity contribution is 5.88. The van der Waals surface area contributed by atoms with E-state index in [0.29, 0.717) is 30.1 Å². The fourth-order valence-corrected chi connectivity index (χ4v) is 9.32. The number of ether oxygens (including phenoxy) is 2. The highest BCUT2D eigenvalue weighted by Crippen LogP contribution is 2.39. The Balaban J connectivity index is 0.897. The summed E-state index contributed by atoms with van der Waals surface area (Å²) in [5.74, 6) is 1.43. The number of benzene rings is 3. The van der Waals surface area contributed by atoms with E-state index in [2.05, 4.69) is 50.9 Å². The second-order valence-electron chi connectivity index (χ2n) is 19.5. The predicted octanol–water partition coefficient (Wildman–Crippen LogP) is 10.0. The molecule has 14 heteroatoms. The highest BCUT2D eigenvalue weighted by atomic mass is 16.6. The summed E-state index contributed by atoms with van der Waals surface area (Å²) in [7, 11) is 0. The Hall–Kier alpha value is -6.70. The zero-order valence-corrected chi connectivity index (χ0v) is 38.8. The van der Waals surface area contributed by atoms with Gasteiger partial charge in [-0.1, -0.05) is 91.0 Å². The van der Waals surface area contributed by atoms with E-state index >= 15 is 0 Å². The Bertz CT molecular complexity index is 2520. The summed E-state index contributed by atoms with van der Waals surface area (Å²) < 4.78 is 11.1. The minimum Gasteiger partial charge on any atom is -0.444 e. The van der Waals surface area contributed by atoms with Gasteiger partial charge in [0.15, 0.2) is 0 Å². The van der Waals surface area contributed by atoms with Crippen LogP contribution in [0, 0.1) is 0 Å². The maximum atomic E-state index is 14.2. The minimum atomic E-state index is -0.900. The number of imidazole rings is 2. The Morgan fingerprint density at radius 3 is 1.56 bits per heavy atom. The number of nitrogens with zero attached hydrogens (tertiary/aromatic N) is 4.